The van der Waals surface area contributed by atoms with Gasteiger partial charge in [-0.05, 0) is 54.7 Å². The molecule has 1 fully saturated rings. The van der Waals surface area contributed by atoms with Gasteiger partial charge >= 0.3 is 0 Å². The van der Waals surface area contributed by atoms with Gasteiger partial charge in [-0.2, -0.15) is 0 Å². The van der Waals surface area contributed by atoms with Crippen LogP contribution in [-0.2, 0) is 0 Å². The molecule has 0 bridgehead atoms. The van der Waals surface area contributed by atoms with E-state index < -0.39 is 0 Å². The van der Waals surface area contributed by atoms with Gasteiger partial charge in [-0.1, -0.05) is 5.57 Å². The molecule has 5 nitrogen and oxygen atoms in total. The second kappa shape index (κ2) is 6.91. The van der Waals surface area contributed by atoms with Crippen LogP contribution in [0.2, 0.25) is 0 Å². The van der Waals surface area contributed by atoms with E-state index in [2.05, 4.69) is 11.1 Å². The lowest BCUT2D eigenvalue weighted by Gasteiger charge is -2.23. The van der Waals surface area contributed by atoms with Gasteiger partial charge in [0, 0.05) is 28.7 Å². The molecule has 1 aliphatic rings. The number of methoxy groups -OCH3 is 3. The number of rotatable bonds is 5. The van der Waals surface area contributed by atoms with Crippen LogP contribution >= 0.6 is 0 Å². The predicted octanol–water partition coefficient (Wildman–Crippen LogP) is 4.89. The zero-order chi connectivity index (χ0) is 19.0. The third-order valence-electron chi connectivity index (χ3n) is 5.24. The quantitative estimate of drug-likeness (QED) is 0.676. The molecule has 1 saturated carbocycles. The number of phenols is 1. The van der Waals surface area contributed by atoms with E-state index in [9.17, 15) is 5.11 Å². The topological polar surface area (TPSA) is 63.7 Å². The number of benzene rings is 2. The SMILES string of the molecule is COc1ccc2c(C(=C3CCC3)c3cc(OC)c(O)c(OC)c3)c[nH]c2c1. The standard InChI is InChI=1S/C22H23NO4/c1-25-15-7-8-16-17(12-23-18(16)11-15)21(13-5-4-6-13)14-9-19(26-2)22(24)20(10-14)27-3/h7-12,23-24H,4-6H2,1-3H3. The van der Waals surface area contributed by atoms with Gasteiger partial charge in [0.1, 0.15) is 5.75 Å². The van der Waals surface area contributed by atoms with Crippen LogP contribution in [0, 0.1) is 0 Å². The third kappa shape index (κ3) is 2.89. The van der Waals surface area contributed by atoms with Crippen molar-refractivity contribution >= 4 is 16.5 Å². The highest BCUT2D eigenvalue weighted by atomic mass is 16.5. The van der Waals surface area contributed by atoms with Gasteiger partial charge in [0.25, 0.3) is 0 Å². The summed E-state index contributed by atoms with van der Waals surface area (Å²) in [5.74, 6) is 1.65. The molecule has 140 valence electrons. The summed E-state index contributed by atoms with van der Waals surface area (Å²) in [7, 11) is 4.76. The maximum Gasteiger partial charge on any atom is 0.200 e. The van der Waals surface area contributed by atoms with Crippen LogP contribution in [-0.4, -0.2) is 31.4 Å². The average Bonchev–Trinajstić information content (AvgIpc) is 3.07. The van der Waals surface area contributed by atoms with Gasteiger partial charge in [-0.25, -0.2) is 0 Å². The highest BCUT2D eigenvalue weighted by Crippen LogP contribution is 2.45. The molecule has 2 N–H and O–H groups in total. The van der Waals surface area contributed by atoms with Crippen molar-refractivity contribution in [3.63, 3.8) is 0 Å². The first-order chi connectivity index (χ1) is 13.2. The van der Waals surface area contributed by atoms with E-state index in [0.29, 0.717) is 11.5 Å². The van der Waals surface area contributed by atoms with Crippen LogP contribution in [0.4, 0.5) is 0 Å². The first kappa shape index (κ1) is 17.3. The van der Waals surface area contributed by atoms with Crippen molar-refractivity contribution in [3.05, 3.63) is 53.2 Å². The lowest BCUT2D eigenvalue weighted by molar-refractivity contribution is 0.339. The summed E-state index contributed by atoms with van der Waals surface area (Å²) in [4.78, 5) is 3.36. The summed E-state index contributed by atoms with van der Waals surface area (Å²) in [5.41, 5.74) is 5.72. The number of nitrogens with one attached hydrogen (secondary N) is 1. The first-order valence-electron chi connectivity index (χ1n) is 8.99. The fourth-order valence-electron chi connectivity index (χ4n) is 3.63. The van der Waals surface area contributed by atoms with E-state index in [1.54, 1.807) is 21.3 Å². The van der Waals surface area contributed by atoms with Crippen LogP contribution in [0.5, 0.6) is 23.0 Å². The molecule has 5 heteroatoms. The molecule has 0 spiro atoms. The summed E-state index contributed by atoms with van der Waals surface area (Å²) in [6, 6.07) is 9.80. The molecular weight excluding hydrogens is 342 g/mol. The van der Waals surface area contributed by atoms with Crippen molar-refractivity contribution in [2.24, 2.45) is 0 Å². The molecule has 0 aliphatic heterocycles. The van der Waals surface area contributed by atoms with Crippen molar-refractivity contribution < 1.29 is 19.3 Å². The zero-order valence-electron chi connectivity index (χ0n) is 15.8. The number of hydrogen-bond acceptors (Lipinski definition) is 4. The number of aromatic nitrogens is 1. The Hall–Kier alpha value is -3.08. The minimum absolute atomic E-state index is 0.0189. The minimum atomic E-state index is 0.0189. The van der Waals surface area contributed by atoms with Gasteiger partial charge in [0.15, 0.2) is 11.5 Å². The van der Waals surface area contributed by atoms with Crippen LogP contribution in [0.15, 0.2) is 42.1 Å². The van der Waals surface area contributed by atoms with Crippen LogP contribution in [0.25, 0.3) is 16.5 Å². The second-order valence-electron chi connectivity index (χ2n) is 6.68. The molecule has 2 aromatic carbocycles. The number of allylic oxidation sites excluding steroid dienone is 1. The van der Waals surface area contributed by atoms with Gasteiger partial charge in [0.05, 0.1) is 21.3 Å². The van der Waals surface area contributed by atoms with E-state index in [-0.39, 0.29) is 5.75 Å². The minimum Gasteiger partial charge on any atom is -0.502 e. The number of hydrogen-bond donors (Lipinski definition) is 2. The molecule has 0 atom stereocenters. The number of aromatic hydroxyl groups is 1. The van der Waals surface area contributed by atoms with Gasteiger partial charge in [0.2, 0.25) is 5.75 Å². The van der Waals surface area contributed by atoms with Crippen molar-refractivity contribution in [1.82, 2.24) is 4.98 Å². The highest BCUT2D eigenvalue weighted by molar-refractivity contribution is 5.99. The molecule has 0 saturated heterocycles. The fraction of sp³-hybridized carbons (Fsp3) is 0.273. The lowest BCUT2D eigenvalue weighted by Crippen LogP contribution is -2.03. The Bertz CT molecular complexity index is 1000. The number of H-pyrrole nitrogens is 1. The smallest absolute Gasteiger partial charge is 0.200 e. The maximum atomic E-state index is 10.3. The molecule has 0 amide bonds. The van der Waals surface area contributed by atoms with Gasteiger partial charge in [-0.15, -0.1) is 0 Å². The van der Waals surface area contributed by atoms with Crippen molar-refractivity contribution in [2.75, 3.05) is 21.3 Å². The molecule has 0 unspecified atom stereocenters. The molecular formula is C22H23NO4. The van der Waals surface area contributed by atoms with Crippen molar-refractivity contribution in [3.8, 4) is 23.0 Å². The normalized spacial score (nSPS) is 13.4. The molecule has 0 radical (unpaired) electrons. The summed E-state index contributed by atoms with van der Waals surface area (Å²) in [5, 5.41) is 11.4. The monoisotopic (exact) mass is 365 g/mol. The zero-order valence-corrected chi connectivity index (χ0v) is 15.8. The van der Waals surface area contributed by atoms with E-state index in [4.69, 9.17) is 14.2 Å². The van der Waals surface area contributed by atoms with Crippen LogP contribution < -0.4 is 14.2 Å². The van der Waals surface area contributed by atoms with E-state index in [0.717, 1.165) is 40.6 Å². The fourth-order valence-corrected chi connectivity index (χ4v) is 3.63. The summed E-state index contributed by atoms with van der Waals surface area (Å²) >= 11 is 0. The average molecular weight is 365 g/mol. The molecule has 27 heavy (non-hydrogen) atoms. The number of aromatic amines is 1. The van der Waals surface area contributed by atoms with Crippen LogP contribution in [0.3, 0.4) is 0 Å². The second-order valence-corrected chi connectivity index (χ2v) is 6.68. The lowest BCUT2D eigenvalue weighted by atomic mass is 9.82. The largest absolute Gasteiger partial charge is 0.502 e. The summed E-state index contributed by atoms with van der Waals surface area (Å²) in [6.07, 6.45) is 5.38. The van der Waals surface area contributed by atoms with Gasteiger partial charge < -0.3 is 24.3 Å². The first-order valence-corrected chi connectivity index (χ1v) is 8.99. The molecule has 3 aromatic rings. The Morgan fingerprint density at radius 3 is 2.22 bits per heavy atom. The molecule has 1 aliphatic carbocycles. The number of ether oxygens (including phenoxy) is 3. The van der Waals surface area contributed by atoms with Crippen molar-refractivity contribution in [1.29, 1.82) is 0 Å². The Labute approximate surface area is 158 Å². The predicted molar refractivity (Wildman–Crippen MR) is 106 cm³/mol. The van der Waals surface area contributed by atoms with E-state index >= 15 is 0 Å². The maximum absolute atomic E-state index is 10.3. The Morgan fingerprint density at radius 1 is 0.963 bits per heavy atom. The Kier molecular flexibility index (Phi) is 4.44. The Morgan fingerprint density at radius 2 is 1.67 bits per heavy atom. The summed E-state index contributed by atoms with van der Waals surface area (Å²) < 4.78 is 16.1. The Balaban J connectivity index is 1.93. The van der Waals surface area contributed by atoms with Gasteiger partial charge in [-0.3, -0.25) is 0 Å². The number of phenolic OH excluding ortho intramolecular Hbond substituents is 1. The van der Waals surface area contributed by atoms with Crippen LogP contribution in [0.1, 0.15) is 30.4 Å². The molecule has 4 rings (SSSR count). The van der Waals surface area contributed by atoms with Crippen molar-refractivity contribution in [2.45, 2.75) is 19.3 Å². The number of fused-ring (bicyclic) bond motifs is 1. The highest BCUT2D eigenvalue weighted by Gasteiger charge is 2.23. The molecule has 1 aromatic heterocycles. The van der Waals surface area contributed by atoms with E-state index in [1.807, 2.05) is 30.5 Å². The molecule has 1 heterocycles. The third-order valence-corrected chi connectivity index (χ3v) is 5.24. The summed E-state index contributed by atoms with van der Waals surface area (Å²) in [6.45, 7) is 0. The van der Waals surface area contributed by atoms with E-state index in [1.165, 1.54) is 17.6 Å².